The summed E-state index contributed by atoms with van der Waals surface area (Å²) in [6.07, 6.45) is 3.39. The van der Waals surface area contributed by atoms with Crippen LogP contribution in [0.4, 0.5) is 5.69 Å². The quantitative estimate of drug-likeness (QED) is 0.438. The Morgan fingerprint density at radius 1 is 1.42 bits per heavy atom. The second-order valence-corrected chi connectivity index (χ2v) is 2.99. The molecule has 0 amide bonds. The third-order valence-electron chi connectivity index (χ3n) is 1.35. The fourth-order valence-electron chi connectivity index (χ4n) is 0.769. The molecule has 1 aromatic rings. The van der Waals surface area contributed by atoms with Gasteiger partial charge >= 0.3 is 0 Å². The number of benzene rings is 1. The lowest BCUT2D eigenvalue weighted by molar-refractivity contribution is 0.331. The fourth-order valence-corrected chi connectivity index (χ4v) is 1.18. The van der Waals surface area contributed by atoms with E-state index in [0.29, 0.717) is 0 Å². The van der Waals surface area contributed by atoms with E-state index < -0.39 is 0 Å². The van der Waals surface area contributed by atoms with E-state index in [-0.39, 0.29) is 0 Å². The maximum atomic E-state index is 4.80. The Bertz CT molecular complexity index is 245. The minimum Gasteiger partial charge on any atom is -0.391 e. The van der Waals surface area contributed by atoms with Crippen LogP contribution in [0.15, 0.2) is 42.0 Å². The molecule has 12 heavy (non-hydrogen) atoms. The summed E-state index contributed by atoms with van der Waals surface area (Å²) in [6, 6.07) is 7.96. The van der Waals surface area contributed by atoms with E-state index in [1.165, 1.54) is 11.2 Å². The van der Waals surface area contributed by atoms with E-state index in [9.17, 15) is 0 Å². The smallest absolute Gasteiger partial charge is 0.112 e. The average molecular weight is 181 g/mol. The molecule has 0 spiro atoms. The molecule has 1 aromatic carbocycles. The molecular formula is C9H11NOS. The third kappa shape index (κ3) is 2.51. The van der Waals surface area contributed by atoms with Crippen LogP contribution in [0.5, 0.6) is 0 Å². The molecule has 0 fully saturated rings. The maximum absolute atomic E-state index is 4.80. The van der Waals surface area contributed by atoms with Gasteiger partial charge in [-0.3, -0.25) is 0 Å². The SMILES string of the molecule is C=CONc1ccc(SC)cc1. The number of anilines is 1. The van der Waals surface area contributed by atoms with Crippen molar-refractivity contribution in [2.45, 2.75) is 4.90 Å². The van der Waals surface area contributed by atoms with Crippen molar-refractivity contribution in [3.63, 3.8) is 0 Å². The van der Waals surface area contributed by atoms with Crippen molar-refractivity contribution in [3.8, 4) is 0 Å². The van der Waals surface area contributed by atoms with Gasteiger partial charge in [-0.25, -0.2) is 5.48 Å². The molecule has 0 radical (unpaired) electrons. The molecule has 0 atom stereocenters. The van der Waals surface area contributed by atoms with Crippen LogP contribution in [0.2, 0.25) is 0 Å². The minimum atomic E-state index is 0.924. The van der Waals surface area contributed by atoms with Crippen molar-refractivity contribution in [1.29, 1.82) is 0 Å². The summed E-state index contributed by atoms with van der Waals surface area (Å²) in [5.74, 6) is 0. The number of thioether (sulfide) groups is 1. The molecule has 0 aliphatic heterocycles. The molecule has 64 valence electrons. The first-order valence-electron chi connectivity index (χ1n) is 3.53. The van der Waals surface area contributed by atoms with Gasteiger partial charge in [0.25, 0.3) is 0 Å². The van der Waals surface area contributed by atoms with Gasteiger partial charge in [-0.05, 0) is 30.5 Å². The molecule has 0 aliphatic rings. The highest BCUT2D eigenvalue weighted by atomic mass is 32.2. The van der Waals surface area contributed by atoms with Crippen LogP contribution >= 0.6 is 11.8 Å². The van der Waals surface area contributed by atoms with Crippen molar-refractivity contribution >= 4 is 17.4 Å². The Hall–Kier alpha value is -1.09. The Morgan fingerprint density at radius 3 is 2.58 bits per heavy atom. The summed E-state index contributed by atoms with van der Waals surface area (Å²) in [5, 5.41) is 0. The first kappa shape index (κ1) is 9.00. The summed E-state index contributed by atoms with van der Waals surface area (Å²) in [5.41, 5.74) is 3.64. The summed E-state index contributed by atoms with van der Waals surface area (Å²) in [6.45, 7) is 3.42. The van der Waals surface area contributed by atoms with Gasteiger partial charge in [0.05, 0.1) is 5.69 Å². The molecule has 3 heteroatoms. The zero-order valence-corrected chi connectivity index (χ0v) is 7.73. The third-order valence-corrected chi connectivity index (χ3v) is 2.09. The Balaban J connectivity index is 2.58. The van der Waals surface area contributed by atoms with Crippen molar-refractivity contribution in [3.05, 3.63) is 37.1 Å². The van der Waals surface area contributed by atoms with Gasteiger partial charge in [0, 0.05) is 4.90 Å². The van der Waals surface area contributed by atoms with E-state index in [2.05, 4.69) is 12.1 Å². The fraction of sp³-hybridized carbons (Fsp3) is 0.111. The molecule has 0 bridgehead atoms. The van der Waals surface area contributed by atoms with Crippen LogP contribution in [0.1, 0.15) is 0 Å². The highest BCUT2D eigenvalue weighted by Crippen LogP contribution is 2.17. The van der Waals surface area contributed by atoms with Crippen LogP contribution in [0.25, 0.3) is 0 Å². The lowest BCUT2D eigenvalue weighted by Gasteiger charge is -2.03. The molecule has 1 rings (SSSR count). The monoisotopic (exact) mass is 181 g/mol. The lowest BCUT2D eigenvalue weighted by atomic mass is 10.3. The van der Waals surface area contributed by atoms with E-state index in [1.807, 2.05) is 30.5 Å². The van der Waals surface area contributed by atoms with E-state index in [4.69, 9.17) is 4.84 Å². The van der Waals surface area contributed by atoms with Crippen molar-refractivity contribution in [2.24, 2.45) is 0 Å². The number of hydrogen-bond donors (Lipinski definition) is 1. The first-order chi connectivity index (χ1) is 5.86. The van der Waals surface area contributed by atoms with E-state index in [0.717, 1.165) is 5.69 Å². The highest BCUT2D eigenvalue weighted by Gasteiger charge is 1.90. The maximum Gasteiger partial charge on any atom is 0.112 e. The minimum absolute atomic E-state index is 0.924. The Labute approximate surface area is 76.6 Å². The summed E-state index contributed by atoms with van der Waals surface area (Å²) in [7, 11) is 0. The molecule has 0 heterocycles. The largest absolute Gasteiger partial charge is 0.391 e. The van der Waals surface area contributed by atoms with Crippen LogP contribution in [0, 0.1) is 0 Å². The van der Waals surface area contributed by atoms with Gasteiger partial charge in [0.1, 0.15) is 6.26 Å². The van der Waals surface area contributed by atoms with Gasteiger partial charge in [0.15, 0.2) is 0 Å². The number of hydrogen-bond acceptors (Lipinski definition) is 3. The van der Waals surface area contributed by atoms with Crippen LogP contribution in [-0.2, 0) is 4.84 Å². The predicted octanol–water partition coefficient (Wildman–Crippen LogP) is 2.90. The summed E-state index contributed by atoms with van der Waals surface area (Å²) < 4.78 is 0. The molecule has 2 nitrogen and oxygen atoms in total. The average Bonchev–Trinajstić information content (AvgIpc) is 2.15. The van der Waals surface area contributed by atoms with Crippen molar-refractivity contribution in [1.82, 2.24) is 0 Å². The highest BCUT2D eigenvalue weighted by molar-refractivity contribution is 7.98. The molecule has 0 saturated carbocycles. The Morgan fingerprint density at radius 2 is 2.08 bits per heavy atom. The lowest BCUT2D eigenvalue weighted by Crippen LogP contribution is -1.93. The summed E-state index contributed by atoms with van der Waals surface area (Å²) >= 11 is 1.71. The second-order valence-electron chi connectivity index (χ2n) is 2.12. The normalized spacial score (nSPS) is 9.08. The number of nitrogens with one attached hydrogen (secondary N) is 1. The molecule has 0 unspecified atom stereocenters. The van der Waals surface area contributed by atoms with Crippen LogP contribution in [0.3, 0.4) is 0 Å². The van der Waals surface area contributed by atoms with Gasteiger partial charge in [-0.15, -0.1) is 11.8 Å². The zero-order chi connectivity index (χ0) is 8.81. The first-order valence-corrected chi connectivity index (χ1v) is 4.76. The van der Waals surface area contributed by atoms with E-state index >= 15 is 0 Å². The van der Waals surface area contributed by atoms with Crippen molar-refractivity contribution in [2.75, 3.05) is 11.7 Å². The zero-order valence-electron chi connectivity index (χ0n) is 6.91. The van der Waals surface area contributed by atoms with Gasteiger partial charge in [-0.1, -0.05) is 6.58 Å². The van der Waals surface area contributed by atoms with Crippen LogP contribution in [-0.4, -0.2) is 6.26 Å². The topological polar surface area (TPSA) is 21.3 Å². The number of rotatable bonds is 4. The summed E-state index contributed by atoms with van der Waals surface area (Å²) in [4.78, 5) is 6.04. The van der Waals surface area contributed by atoms with Crippen molar-refractivity contribution < 1.29 is 4.84 Å². The molecular weight excluding hydrogens is 170 g/mol. The molecule has 0 saturated heterocycles. The van der Waals surface area contributed by atoms with Crippen LogP contribution < -0.4 is 5.48 Å². The molecule has 0 aromatic heterocycles. The van der Waals surface area contributed by atoms with Gasteiger partial charge in [0.2, 0.25) is 0 Å². The second kappa shape index (κ2) is 4.72. The Kier molecular flexibility index (Phi) is 3.54. The van der Waals surface area contributed by atoms with E-state index in [1.54, 1.807) is 11.8 Å². The van der Waals surface area contributed by atoms with Gasteiger partial charge in [-0.2, -0.15) is 0 Å². The predicted molar refractivity (Wildman–Crippen MR) is 53.1 cm³/mol. The molecule has 0 aliphatic carbocycles. The van der Waals surface area contributed by atoms with Gasteiger partial charge < -0.3 is 4.84 Å². The molecule has 1 N–H and O–H groups in total. The standard InChI is InChI=1S/C9H11NOS/c1-3-11-10-8-4-6-9(12-2)7-5-8/h3-7,10H,1H2,2H3.